The molecule has 0 spiro atoms. The molecule has 0 aliphatic carbocycles. The minimum absolute atomic E-state index is 0.103. The molecule has 1 amide bonds. The van der Waals surface area contributed by atoms with Crippen molar-refractivity contribution in [1.82, 2.24) is 4.98 Å². The molecule has 98 valence electrons. The van der Waals surface area contributed by atoms with Crippen molar-refractivity contribution in [3.8, 4) is 0 Å². The Morgan fingerprint density at radius 3 is 2.68 bits per heavy atom. The number of nitro groups is 1. The van der Waals surface area contributed by atoms with Crippen molar-refractivity contribution < 1.29 is 9.72 Å². The lowest BCUT2D eigenvalue weighted by atomic mass is 10.3. The van der Waals surface area contributed by atoms with Gasteiger partial charge >= 0.3 is 5.82 Å². The first-order valence-electron chi connectivity index (χ1n) is 5.07. The number of carbonyl (C=O) groups excluding carboxylic acids is 1. The summed E-state index contributed by atoms with van der Waals surface area (Å²) < 4.78 is 0.711. The van der Waals surface area contributed by atoms with Gasteiger partial charge in [0, 0.05) is 16.2 Å². The average Bonchev–Trinajstić information content (AvgIpc) is 2.83. The quantitative estimate of drug-likeness (QED) is 0.659. The molecule has 0 saturated carbocycles. The van der Waals surface area contributed by atoms with E-state index in [2.05, 4.69) is 26.2 Å². The van der Waals surface area contributed by atoms with Crippen molar-refractivity contribution >= 4 is 44.9 Å². The second kappa shape index (κ2) is 5.41. The van der Waals surface area contributed by atoms with Crippen LogP contribution in [0.15, 0.2) is 34.8 Å². The highest BCUT2D eigenvalue weighted by atomic mass is 79.9. The minimum atomic E-state index is -0.604. The molecule has 2 N–H and O–H groups in total. The van der Waals surface area contributed by atoms with Crippen LogP contribution in [-0.2, 0) is 0 Å². The van der Waals surface area contributed by atoms with Crippen LogP contribution in [0.25, 0.3) is 0 Å². The summed E-state index contributed by atoms with van der Waals surface area (Å²) in [6.45, 7) is 0. The van der Waals surface area contributed by atoms with Gasteiger partial charge < -0.3 is 15.4 Å². The SMILES string of the molecule is O=C(Nc1ccc(Br)c(Cl)c1)c1ccc([N+](=O)[O-])[nH]1. The molecule has 0 saturated heterocycles. The van der Waals surface area contributed by atoms with E-state index in [-0.39, 0.29) is 11.5 Å². The highest BCUT2D eigenvalue weighted by Crippen LogP contribution is 2.25. The van der Waals surface area contributed by atoms with Gasteiger partial charge in [-0.15, -0.1) is 0 Å². The number of nitrogens with zero attached hydrogens (tertiary/aromatic N) is 1. The normalized spacial score (nSPS) is 10.2. The Morgan fingerprint density at radius 2 is 2.11 bits per heavy atom. The largest absolute Gasteiger partial charge is 0.358 e. The molecule has 0 bridgehead atoms. The van der Waals surface area contributed by atoms with Crippen LogP contribution in [0, 0.1) is 10.1 Å². The molecule has 0 atom stereocenters. The van der Waals surface area contributed by atoms with Crippen molar-refractivity contribution in [3.05, 3.63) is 55.6 Å². The van der Waals surface area contributed by atoms with E-state index in [4.69, 9.17) is 11.6 Å². The monoisotopic (exact) mass is 343 g/mol. The van der Waals surface area contributed by atoms with E-state index in [0.29, 0.717) is 15.2 Å². The Balaban J connectivity index is 2.15. The van der Waals surface area contributed by atoms with Crippen molar-refractivity contribution in [3.63, 3.8) is 0 Å². The fraction of sp³-hybridized carbons (Fsp3) is 0. The molecule has 0 unspecified atom stereocenters. The Morgan fingerprint density at radius 1 is 1.37 bits per heavy atom. The number of halogens is 2. The van der Waals surface area contributed by atoms with Crippen LogP contribution in [0.1, 0.15) is 10.5 Å². The second-order valence-corrected chi connectivity index (χ2v) is 4.86. The molecule has 0 aliphatic rings. The van der Waals surface area contributed by atoms with Crippen LogP contribution in [0.2, 0.25) is 5.02 Å². The van der Waals surface area contributed by atoms with E-state index in [1.165, 1.54) is 12.1 Å². The first-order valence-corrected chi connectivity index (χ1v) is 6.24. The number of anilines is 1. The Kier molecular flexibility index (Phi) is 3.87. The van der Waals surface area contributed by atoms with Gasteiger partial charge in [0.25, 0.3) is 5.91 Å². The van der Waals surface area contributed by atoms with Crippen molar-refractivity contribution in [2.75, 3.05) is 5.32 Å². The fourth-order valence-electron chi connectivity index (χ4n) is 1.39. The van der Waals surface area contributed by atoms with E-state index >= 15 is 0 Å². The lowest BCUT2D eigenvalue weighted by Crippen LogP contribution is -2.12. The van der Waals surface area contributed by atoms with Gasteiger partial charge in [-0.2, -0.15) is 0 Å². The number of benzene rings is 1. The highest BCUT2D eigenvalue weighted by Gasteiger charge is 2.15. The molecule has 1 aromatic carbocycles. The first-order chi connectivity index (χ1) is 8.97. The van der Waals surface area contributed by atoms with Crippen LogP contribution < -0.4 is 5.32 Å². The van der Waals surface area contributed by atoms with Crippen molar-refractivity contribution in [2.24, 2.45) is 0 Å². The third-order valence-electron chi connectivity index (χ3n) is 2.29. The third kappa shape index (κ3) is 3.12. The van der Waals surface area contributed by atoms with Gasteiger partial charge in [0.05, 0.1) is 5.02 Å². The van der Waals surface area contributed by atoms with Gasteiger partial charge in [-0.25, -0.2) is 4.98 Å². The summed E-state index contributed by atoms with van der Waals surface area (Å²) in [5, 5.41) is 13.5. The maximum atomic E-state index is 11.8. The number of aromatic nitrogens is 1. The lowest BCUT2D eigenvalue weighted by Gasteiger charge is -2.03. The predicted octanol–water partition coefficient (Wildman–Crippen LogP) is 3.59. The summed E-state index contributed by atoms with van der Waals surface area (Å²) in [5.41, 5.74) is 0.598. The van der Waals surface area contributed by atoms with Gasteiger partial charge in [0.2, 0.25) is 0 Å². The third-order valence-corrected chi connectivity index (χ3v) is 3.52. The first kappa shape index (κ1) is 13.6. The number of carbonyl (C=O) groups is 1. The molecular formula is C11H7BrClN3O3. The van der Waals surface area contributed by atoms with E-state index in [9.17, 15) is 14.9 Å². The standard InChI is InChI=1S/C11H7BrClN3O3/c12-7-2-1-6(5-8(7)13)14-11(17)9-3-4-10(15-9)16(18)19/h1-5,15H,(H,14,17). The number of H-pyrrole nitrogens is 1. The Hall–Kier alpha value is -1.86. The zero-order valence-electron chi connectivity index (χ0n) is 9.31. The molecule has 6 nitrogen and oxygen atoms in total. The molecule has 0 aliphatic heterocycles. The number of amides is 1. The molecule has 2 aromatic rings. The van der Waals surface area contributed by atoms with E-state index < -0.39 is 10.8 Å². The summed E-state index contributed by atoms with van der Waals surface area (Å²) >= 11 is 9.13. The minimum Gasteiger partial charge on any atom is -0.358 e. The van der Waals surface area contributed by atoms with Gasteiger partial charge in [0.15, 0.2) is 5.69 Å². The number of hydrogen-bond acceptors (Lipinski definition) is 3. The summed E-state index contributed by atoms with van der Waals surface area (Å²) in [4.78, 5) is 24.1. The van der Waals surface area contributed by atoms with E-state index in [1.807, 2.05) is 0 Å². The number of hydrogen-bond donors (Lipinski definition) is 2. The molecule has 1 heterocycles. The lowest BCUT2D eigenvalue weighted by molar-refractivity contribution is -0.389. The Bertz CT molecular complexity index is 656. The topological polar surface area (TPSA) is 88.0 Å². The zero-order valence-corrected chi connectivity index (χ0v) is 11.7. The van der Waals surface area contributed by atoms with E-state index in [0.717, 1.165) is 0 Å². The molecule has 8 heteroatoms. The maximum Gasteiger partial charge on any atom is 0.321 e. The molecule has 19 heavy (non-hydrogen) atoms. The number of nitrogens with one attached hydrogen (secondary N) is 2. The molecule has 0 radical (unpaired) electrons. The summed E-state index contributed by atoms with van der Waals surface area (Å²) in [7, 11) is 0. The summed E-state index contributed by atoms with van der Waals surface area (Å²) in [5.74, 6) is -0.717. The van der Waals surface area contributed by atoms with Crippen LogP contribution in [0.5, 0.6) is 0 Å². The van der Waals surface area contributed by atoms with Crippen LogP contribution in [0.4, 0.5) is 11.5 Å². The predicted molar refractivity (Wildman–Crippen MR) is 74.6 cm³/mol. The van der Waals surface area contributed by atoms with Crippen LogP contribution >= 0.6 is 27.5 Å². The van der Waals surface area contributed by atoms with E-state index in [1.54, 1.807) is 18.2 Å². The second-order valence-electron chi connectivity index (χ2n) is 3.60. The van der Waals surface area contributed by atoms with Crippen molar-refractivity contribution in [1.29, 1.82) is 0 Å². The number of rotatable bonds is 3. The molecule has 2 rings (SSSR count). The maximum absolute atomic E-state index is 11.8. The van der Waals surface area contributed by atoms with Gasteiger partial charge in [0.1, 0.15) is 0 Å². The average molecular weight is 345 g/mol. The fourth-order valence-corrected chi connectivity index (χ4v) is 1.82. The summed E-state index contributed by atoms with van der Waals surface area (Å²) in [6, 6.07) is 7.48. The molecular weight excluding hydrogens is 337 g/mol. The van der Waals surface area contributed by atoms with Crippen LogP contribution in [0.3, 0.4) is 0 Å². The highest BCUT2D eigenvalue weighted by molar-refractivity contribution is 9.10. The smallest absolute Gasteiger partial charge is 0.321 e. The Labute approximate surface area is 121 Å². The van der Waals surface area contributed by atoms with Gasteiger partial charge in [-0.05, 0) is 45.1 Å². The number of aromatic amines is 1. The van der Waals surface area contributed by atoms with Gasteiger partial charge in [-0.3, -0.25) is 4.79 Å². The zero-order chi connectivity index (χ0) is 14.0. The molecule has 0 fully saturated rings. The van der Waals surface area contributed by atoms with Gasteiger partial charge in [-0.1, -0.05) is 11.6 Å². The molecule has 1 aromatic heterocycles. The van der Waals surface area contributed by atoms with Crippen LogP contribution in [-0.4, -0.2) is 15.8 Å². The van der Waals surface area contributed by atoms with Crippen molar-refractivity contribution in [2.45, 2.75) is 0 Å². The summed E-state index contributed by atoms with van der Waals surface area (Å²) in [6.07, 6.45) is 0.